The fourth-order valence-electron chi connectivity index (χ4n) is 3.29. The average Bonchev–Trinajstić information content (AvgIpc) is 3.01. The second kappa shape index (κ2) is 7.13. The van der Waals surface area contributed by atoms with Gasteiger partial charge < -0.3 is 9.63 Å². The van der Waals surface area contributed by atoms with Gasteiger partial charge in [0.1, 0.15) is 0 Å². The highest BCUT2D eigenvalue weighted by Crippen LogP contribution is 2.35. The van der Waals surface area contributed by atoms with Gasteiger partial charge in [-0.2, -0.15) is 18.2 Å². The van der Waals surface area contributed by atoms with Crippen LogP contribution in [0, 0.1) is 6.92 Å². The second-order valence-corrected chi connectivity index (χ2v) is 6.38. The van der Waals surface area contributed by atoms with Gasteiger partial charge in [-0.1, -0.05) is 23.4 Å². The molecule has 0 saturated carbocycles. The van der Waals surface area contributed by atoms with Gasteiger partial charge in [-0.25, -0.2) is 0 Å². The molecule has 8 heteroatoms. The molecule has 1 aromatic heterocycles. The Morgan fingerprint density at radius 1 is 1.36 bits per heavy atom. The first-order valence-corrected chi connectivity index (χ1v) is 8.21. The SMILES string of the molecule is Cc1noc([C@@H]2CCCN(C[C@@H](O)c3ccccc3C(F)(F)F)C2)n1. The van der Waals surface area contributed by atoms with Gasteiger partial charge in [-0.3, -0.25) is 4.90 Å². The zero-order valence-electron chi connectivity index (χ0n) is 13.8. The number of aromatic nitrogens is 2. The minimum Gasteiger partial charge on any atom is -0.387 e. The predicted octanol–water partition coefficient (Wildman–Crippen LogP) is 3.31. The van der Waals surface area contributed by atoms with Crippen LogP contribution in [-0.4, -0.2) is 39.8 Å². The van der Waals surface area contributed by atoms with Gasteiger partial charge in [0.2, 0.25) is 5.89 Å². The van der Waals surface area contributed by atoms with Crippen LogP contribution in [-0.2, 0) is 6.18 Å². The van der Waals surface area contributed by atoms with Crippen molar-refractivity contribution in [3.05, 3.63) is 47.1 Å². The molecule has 2 aromatic rings. The molecule has 2 atom stereocenters. The van der Waals surface area contributed by atoms with Gasteiger partial charge in [0.05, 0.1) is 17.6 Å². The smallest absolute Gasteiger partial charge is 0.387 e. The number of aliphatic hydroxyl groups is 1. The number of rotatable bonds is 4. The van der Waals surface area contributed by atoms with Crippen molar-refractivity contribution in [2.45, 2.75) is 38.0 Å². The van der Waals surface area contributed by atoms with E-state index in [2.05, 4.69) is 10.1 Å². The number of nitrogens with zero attached hydrogens (tertiary/aromatic N) is 3. The second-order valence-electron chi connectivity index (χ2n) is 6.38. The van der Waals surface area contributed by atoms with E-state index in [0.717, 1.165) is 25.5 Å². The summed E-state index contributed by atoms with van der Waals surface area (Å²) in [6.45, 7) is 3.17. The van der Waals surface area contributed by atoms with Crippen LogP contribution >= 0.6 is 0 Å². The first-order valence-electron chi connectivity index (χ1n) is 8.21. The zero-order chi connectivity index (χ0) is 18.0. The Morgan fingerprint density at radius 2 is 2.12 bits per heavy atom. The van der Waals surface area contributed by atoms with Crippen molar-refractivity contribution in [2.24, 2.45) is 0 Å². The summed E-state index contributed by atoms with van der Waals surface area (Å²) in [6, 6.07) is 5.16. The monoisotopic (exact) mass is 355 g/mol. The largest absolute Gasteiger partial charge is 0.416 e. The van der Waals surface area contributed by atoms with Crippen LogP contribution in [0.25, 0.3) is 0 Å². The van der Waals surface area contributed by atoms with E-state index in [0.29, 0.717) is 18.3 Å². The summed E-state index contributed by atoms with van der Waals surface area (Å²) in [4.78, 5) is 6.19. The first-order chi connectivity index (χ1) is 11.8. The lowest BCUT2D eigenvalue weighted by atomic mass is 9.96. The molecular formula is C17H20F3N3O2. The summed E-state index contributed by atoms with van der Waals surface area (Å²) < 4.78 is 44.6. The molecule has 0 radical (unpaired) electrons. The number of β-amino-alcohol motifs (C(OH)–C–C–N with tert-alkyl or cyclic N) is 1. The van der Waals surface area contributed by atoms with E-state index in [9.17, 15) is 18.3 Å². The van der Waals surface area contributed by atoms with Crippen molar-refractivity contribution in [1.29, 1.82) is 0 Å². The quantitative estimate of drug-likeness (QED) is 0.912. The standard InChI is InChI=1S/C17H20F3N3O2/c1-11-21-16(25-22-11)12-5-4-8-23(9-12)10-15(24)13-6-2-3-7-14(13)17(18,19)20/h2-3,6-7,12,15,24H,4-5,8-10H2,1H3/t12-,15-/m1/s1. The normalized spacial score (nSPS) is 20.6. The van der Waals surface area contributed by atoms with Crippen LogP contribution < -0.4 is 0 Å². The van der Waals surface area contributed by atoms with Crippen LogP contribution in [0.1, 0.15) is 47.7 Å². The number of benzene rings is 1. The molecule has 1 fully saturated rings. The molecule has 0 unspecified atom stereocenters. The molecule has 1 N–H and O–H groups in total. The summed E-state index contributed by atoms with van der Waals surface area (Å²) >= 11 is 0. The third-order valence-electron chi connectivity index (χ3n) is 4.45. The van der Waals surface area contributed by atoms with E-state index in [4.69, 9.17) is 4.52 Å². The molecule has 0 aliphatic carbocycles. The Bertz CT molecular complexity index is 717. The van der Waals surface area contributed by atoms with E-state index >= 15 is 0 Å². The van der Waals surface area contributed by atoms with Gasteiger partial charge in [0.25, 0.3) is 0 Å². The summed E-state index contributed by atoms with van der Waals surface area (Å²) in [5.74, 6) is 1.15. The van der Waals surface area contributed by atoms with Crippen LogP contribution in [0.15, 0.2) is 28.8 Å². The van der Waals surface area contributed by atoms with Gasteiger partial charge in [-0.05, 0) is 37.9 Å². The average molecular weight is 355 g/mol. The molecule has 1 saturated heterocycles. The summed E-state index contributed by atoms with van der Waals surface area (Å²) in [5, 5.41) is 14.2. The number of halogens is 3. The molecule has 25 heavy (non-hydrogen) atoms. The van der Waals surface area contributed by atoms with E-state index in [-0.39, 0.29) is 18.0 Å². The number of aliphatic hydroxyl groups excluding tert-OH is 1. The van der Waals surface area contributed by atoms with Crippen molar-refractivity contribution >= 4 is 0 Å². The molecule has 0 amide bonds. The Kier molecular flexibility index (Phi) is 5.10. The molecule has 0 bridgehead atoms. The van der Waals surface area contributed by atoms with E-state index in [1.54, 1.807) is 6.92 Å². The van der Waals surface area contributed by atoms with Gasteiger partial charge >= 0.3 is 6.18 Å². The lowest BCUT2D eigenvalue weighted by Gasteiger charge is -2.32. The summed E-state index contributed by atoms with van der Waals surface area (Å²) in [6.07, 6.45) is -3.95. The highest BCUT2D eigenvalue weighted by molar-refractivity contribution is 5.31. The van der Waals surface area contributed by atoms with Crippen LogP contribution in [0.3, 0.4) is 0 Å². The van der Waals surface area contributed by atoms with E-state index < -0.39 is 17.8 Å². The van der Waals surface area contributed by atoms with Crippen molar-refractivity contribution in [3.63, 3.8) is 0 Å². The maximum absolute atomic E-state index is 13.1. The third kappa shape index (κ3) is 4.19. The van der Waals surface area contributed by atoms with Gasteiger partial charge in [0.15, 0.2) is 5.82 Å². The van der Waals surface area contributed by atoms with Crippen molar-refractivity contribution < 1.29 is 22.8 Å². The number of alkyl halides is 3. The number of piperidine rings is 1. The highest BCUT2D eigenvalue weighted by Gasteiger charge is 2.35. The van der Waals surface area contributed by atoms with Gasteiger partial charge in [-0.15, -0.1) is 0 Å². The molecule has 0 spiro atoms. The molecule has 1 aromatic carbocycles. The summed E-state index contributed by atoms with van der Waals surface area (Å²) in [7, 11) is 0. The molecule has 2 heterocycles. The van der Waals surface area contributed by atoms with Crippen LogP contribution in [0.4, 0.5) is 13.2 Å². The minimum atomic E-state index is -4.48. The zero-order valence-corrected chi connectivity index (χ0v) is 13.8. The highest BCUT2D eigenvalue weighted by atomic mass is 19.4. The molecular weight excluding hydrogens is 335 g/mol. The van der Waals surface area contributed by atoms with Crippen LogP contribution in [0.2, 0.25) is 0 Å². The topological polar surface area (TPSA) is 62.4 Å². The number of likely N-dealkylation sites (tertiary alicyclic amines) is 1. The van der Waals surface area contributed by atoms with Crippen molar-refractivity contribution in [3.8, 4) is 0 Å². The maximum atomic E-state index is 13.1. The fraction of sp³-hybridized carbons (Fsp3) is 0.529. The van der Waals surface area contributed by atoms with E-state index in [1.165, 1.54) is 18.2 Å². The molecule has 1 aliphatic heterocycles. The number of hydrogen-bond donors (Lipinski definition) is 1. The molecule has 1 aliphatic rings. The molecule has 3 rings (SSSR count). The fourth-order valence-corrected chi connectivity index (χ4v) is 3.29. The Hall–Kier alpha value is -1.93. The third-order valence-corrected chi connectivity index (χ3v) is 4.45. The Morgan fingerprint density at radius 3 is 2.80 bits per heavy atom. The van der Waals surface area contributed by atoms with E-state index in [1.807, 2.05) is 4.90 Å². The van der Waals surface area contributed by atoms with Gasteiger partial charge in [0, 0.05) is 13.1 Å². The van der Waals surface area contributed by atoms with Crippen molar-refractivity contribution in [2.75, 3.05) is 19.6 Å². The summed E-state index contributed by atoms with van der Waals surface area (Å²) in [5.41, 5.74) is -0.880. The lowest BCUT2D eigenvalue weighted by molar-refractivity contribution is -0.139. The Balaban J connectivity index is 1.70. The lowest BCUT2D eigenvalue weighted by Crippen LogP contribution is -2.37. The minimum absolute atomic E-state index is 0.0417. The Labute approximate surface area is 143 Å². The number of aryl methyl sites for hydroxylation is 1. The predicted molar refractivity (Wildman–Crippen MR) is 83.9 cm³/mol. The van der Waals surface area contributed by atoms with Crippen LogP contribution in [0.5, 0.6) is 0 Å². The molecule has 136 valence electrons. The first kappa shape index (κ1) is 17.9. The number of hydrogen-bond acceptors (Lipinski definition) is 5. The van der Waals surface area contributed by atoms with Crippen molar-refractivity contribution in [1.82, 2.24) is 15.0 Å². The molecule has 5 nitrogen and oxygen atoms in total. The maximum Gasteiger partial charge on any atom is 0.416 e.